The number of amides is 1. The molecule has 1 saturated heterocycles. The Labute approximate surface area is 180 Å². The van der Waals surface area contributed by atoms with Gasteiger partial charge in [-0.1, -0.05) is 56.0 Å². The second-order valence-electron chi connectivity index (χ2n) is 9.10. The number of hydrogen-bond acceptors (Lipinski definition) is 4. The second kappa shape index (κ2) is 9.59. The molecule has 1 aromatic heterocycles. The van der Waals surface area contributed by atoms with Crippen LogP contribution in [0.5, 0.6) is 0 Å². The van der Waals surface area contributed by atoms with Gasteiger partial charge in [0, 0.05) is 51.3 Å². The molecule has 5 nitrogen and oxygen atoms in total. The Kier molecular flexibility index (Phi) is 6.66. The van der Waals surface area contributed by atoms with Gasteiger partial charge in [0.05, 0.1) is 5.69 Å². The Bertz CT molecular complexity index is 845. The van der Waals surface area contributed by atoms with Crippen molar-refractivity contribution >= 4 is 11.9 Å². The van der Waals surface area contributed by atoms with Gasteiger partial charge in [0.15, 0.2) is 0 Å². The predicted molar refractivity (Wildman–Crippen MR) is 122 cm³/mol. The van der Waals surface area contributed by atoms with Gasteiger partial charge in [-0.2, -0.15) is 0 Å². The van der Waals surface area contributed by atoms with E-state index in [0.29, 0.717) is 12.3 Å². The van der Waals surface area contributed by atoms with E-state index >= 15 is 0 Å². The van der Waals surface area contributed by atoms with Crippen molar-refractivity contribution < 1.29 is 4.79 Å². The topological polar surface area (TPSA) is 49.3 Å². The van der Waals surface area contributed by atoms with Gasteiger partial charge in [-0.05, 0) is 30.7 Å². The van der Waals surface area contributed by atoms with Gasteiger partial charge in [0.25, 0.3) is 0 Å². The standard InChI is InChI=1S/C25H34N4O/c1-28(2)25-26-17-22(20-11-4-3-5-12-20)24(27-25)21-13-8-16-29(18-21)23(30)15-14-19-9-6-7-10-19/h3-5,11-12,17,19,21H,6-10,13-16,18H2,1-2H3/t21-/m0/s1. The normalized spacial score (nSPS) is 19.8. The van der Waals surface area contributed by atoms with E-state index in [2.05, 4.69) is 34.1 Å². The smallest absolute Gasteiger partial charge is 0.225 e. The highest BCUT2D eigenvalue weighted by Gasteiger charge is 2.28. The minimum absolute atomic E-state index is 0.256. The Hall–Kier alpha value is -2.43. The highest BCUT2D eigenvalue weighted by atomic mass is 16.2. The van der Waals surface area contributed by atoms with Crippen molar-refractivity contribution in [3.8, 4) is 11.1 Å². The molecule has 1 aliphatic carbocycles. The van der Waals surface area contributed by atoms with E-state index in [4.69, 9.17) is 4.98 Å². The third-order valence-corrected chi connectivity index (χ3v) is 6.69. The van der Waals surface area contributed by atoms with Crippen LogP contribution in [-0.4, -0.2) is 48.0 Å². The summed E-state index contributed by atoms with van der Waals surface area (Å²) in [4.78, 5) is 26.5. The first-order valence-electron chi connectivity index (χ1n) is 11.5. The van der Waals surface area contributed by atoms with Gasteiger partial charge in [0.2, 0.25) is 11.9 Å². The third-order valence-electron chi connectivity index (χ3n) is 6.69. The van der Waals surface area contributed by atoms with Crippen molar-refractivity contribution in [2.75, 3.05) is 32.1 Å². The van der Waals surface area contributed by atoms with E-state index in [1.807, 2.05) is 31.3 Å². The van der Waals surface area contributed by atoms with Gasteiger partial charge in [0.1, 0.15) is 0 Å². The van der Waals surface area contributed by atoms with Crippen LogP contribution >= 0.6 is 0 Å². The zero-order valence-corrected chi connectivity index (χ0v) is 18.4. The summed E-state index contributed by atoms with van der Waals surface area (Å²) in [5, 5.41) is 0. The molecule has 0 bridgehead atoms. The van der Waals surface area contributed by atoms with Crippen LogP contribution in [-0.2, 0) is 4.79 Å². The molecule has 160 valence electrons. The van der Waals surface area contributed by atoms with Crippen LogP contribution in [0.1, 0.15) is 63.0 Å². The van der Waals surface area contributed by atoms with E-state index < -0.39 is 0 Å². The fourth-order valence-corrected chi connectivity index (χ4v) is 4.96. The highest BCUT2D eigenvalue weighted by molar-refractivity contribution is 5.76. The van der Waals surface area contributed by atoms with Crippen molar-refractivity contribution in [2.45, 2.75) is 57.3 Å². The fraction of sp³-hybridized carbons (Fsp3) is 0.560. The molecular weight excluding hydrogens is 372 g/mol. The molecule has 2 aliphatic rings. The van der Waals surface area contributed by atoms with Crippen LogP contribution in [0.2, 0.25) is 0 Å². The van der Waals surface area contributed by atoms with E-state index in [1.54, 1.807) is 0 Å². The Morgan fingerprint density at radius 1 is 1.10 bits per heavy atom. The maximum absolute atomic E-state index is 12.9. The average Bonchev–Trinajstić information content (AvgIpc) is 3.31. The van der Waals surface area contributed by atoms with Crippen molar-refractivity contribution in [1.29, 1.82) is 0 Å². The number of likely N-dealkylation sites (tertiary alicyclic amines) is 1. The lowest BCUT2D eigenvalue weighted by atomic mass is 9.89. The van der Waals surface area contributed by atoms with Crippen molar-refractivity contribution in [3.05, 3.63) is 42.2 Å². The number of carbonyl (C=O) groups is 1. The molecule has 0 spiro atoms. The van der Waals surface area contributed by atoms with Gasteiger partial charge in [-0.15, -0.1) is 0 Å². The molecule has 1 atom stereocenters. The number of anilines is 1. The summed E-state index contributed by atoms with van der Waals surface area (Å²) in [6, 6.07) is 10.4. The quantitative estimate of drug-likeness (QED) is 0.686. The first kappa shape index (κ1) is 20.8. The summed E-state index contributed by atoms with van der Waals surface area (Å²) in [6.45, 7) is 1.65. The van der Waals surface area contributed by atoms with Crippen LogP contribution in [0.3, 0.4) is 0 Å². The molecule has 1 aromatic carbocycles. The Morgan fingerprint density at radius 3 is 2.60 bits per heavy atom. The Balaban J connectivity index is 1.53. The lowest BCUT2D eigenvalue weighted by Crippen LogP contribution is -2.39. The van der Waals surface area contributed by atoms with Gasteiger partial charge >= 0.3 is 0 Å². The zero-order valence-electron chi connectivity index (χ0n) is 18.4. The van der Waals surface area contributed by atoms with Crippen LogP contribution < -0.4 is 4.90 Å². The maximum Gasteiger partial charge on any atom is 0.225 e. The van der Waals surface area contributed by atoms with Crippen LogP contribution in [0.15, 0.2) is 36.5 Å². The number of nitrogens with zero attached hydrogens (tertiary/aromatic N) is 4. The second-order valence-corrected chi connectivity index (χ2v) is 9.10. The molecule has 2 heterocycles. The molecular formula is C25H34N4O. The zero-order chi connectivity index (χ0) is 20.9. The van der Waals surface area contributed by atoms with Crippen molar-refractivity contribution in [3.63, 3.8) is 0 Å². The molecule has 30 heavy (non-hydrogen) atoms. The number of aromatic nitrogens is 2. The molecule has 0 radical (unpaired) electrons. The molecule has 0 N–H and O–H groups in total. The number of rotatable bonds is 6. The fourth-order valence-electron chi connectivity index (χ4n) is 4.96. The number of benzene rings is 1. The highest BCUT2D eigenvalue weighted by Crippen LogP contribution is 2.34. The summed E-state index contributed by atoms with van der Waals surface area (Å²) in [7, 11) is 3.95. The molecule has 1 saturated carbocycles. The largest absolute Gasteiger partial charge is 0.347 e. The molecule has 5 heteroatoms. The summed E-state index contributed by atoms with van der Waals surface area (Å²) in [5.41, 5.74) is 3.31. The van der Waals surface area contributed by atoms with Crippen LogP contribution in [0.4, 0.5) is 5.95 Å². The molecule has 2 fully saturated rings. The molecule has 2 aromatic rings. The molecule has 1 aliphatic heterocycles. The van der Waals surface area contributed by atoms with Crippen LogP contribution in [0, 0.1) is 5.92 Å². The van der Waals surface area contributed by atoms with E-state index in [1.165, 1.54) is 25.7 Å². The van der Waals surface area contributed by atoms with Gasteiger partial charge < -0.3 is 9.80 Å². The average molecular weight is 407 g/mol. The first-order chi connectivity index (χ1) is 14.6. The third kappa shape index (κ3) is 4.82. The number of carbonyl (C=O) groups excluding carboxylic acids is 1. The maximum atomic E-state index is 12.9. The van der Waals surface area contributed by atoms with Gasteiger partial charge in [-0.3, -0.25) is 4.79 Å². The van der Waals surface area contributed by atoms with Crippen LogP contribution in [0.25, 0.3) is 11.1 Å². The van der Waals surface area contributed by atoms with E-state index in [9.17, 15) is 4.79 Å². The first-order valence-corrected chi connectivity index (χ1v) is 11.5. The number of hydrogen-bond donors (Lipinski definition) is 0. The summed E-state index contributed by atoms with van der Waals surface area (Å²) in [6.07, 6.45) is 11.1. The van der Waals surface area contributed by atoms with E-state index in [-0.39, 0.29) is 5.92 Å². The van der Waals surface area contributed by atoms with E-state index in [0.717, 1.165) is 61.0 Å². The molecule has 4 rings (SSSR count). The summed E-state index contributed by atoms with van der Waals surface area (Å²) in [5.74, 6) is 2.08. The van der Waals surface area contributed by atoms with Gasteiger partial charge in [-0.25, -0.2) is 9.97 Å². The predicted octanol–water partition coefficient (Wildman–Crippen LogP) is 4.89. The SMILES string of the molecule is CN(C)c1ncc(-c2ccccc2)c([C@H]2CCCN(C(=O)CCC3CCCC3)C2)n1. The molecule has 0 unspecified atom stereocenters. The lowest BCUT2D eigenvalue weighted by Gasteiger charge is -2.34. The lowest BCUT2D eigenvalue weighted by molar-refractivity contribution is -0.132. The minimum atomic E-state index is 0.256. The van der Waals surface area contributed by atoms with Crippen molar-refractivity contribution in [1.82, 2.24) is 14.9 Å². The summed E-state index contributed by atoms with van der Waals surface area (Å²) < 4.78 is 0. The molecule has 1 amide bonds. The number of piperidine rings is 1. The Morgan fingerprint density at radius 2 is 1.87 bits per heavy atom. The monoisotopic (exact) mass is 406 g/mol. The minimum Gasteiger partial charge on any atom is -0.347 e. The van der Waals surface area contributed by atoms with Crippen molar-refractivity contribution in [2.24, 2.45) is 5.92 Å². The summed E-state index contributed by atoms with van der Waals surface area (Å²) >= 11 is 0.